The van der Waals surface area contributed by atoms with E-state index in [1.807, 2.05) is 11.7 Å². The molecule has 6 heteroatoms. The second-order valence-corrected chi connectivity index (χ2v) is 6.17. The fourth-order valence-corrected chi connectivity index (χ4v) is 3.64. The van der Waals surface area contributed by atoms with Crippen LogP contribution in [0.5, 0.6) is 0 Å². The molecule has 1 aliphatic carbocycles. The van der Waals surface area contributed by atoms with Gasteiger partial charge in [0.15, 0.2) is 10.4 Å². The zero-order chi connectivity index (χ0) is 14.3. The molecule has 2 aromatic heterocycles. The average molecular weight is 294 g/mol. The predicted octanol–water partition coefficient (Wildman–Crippen LogP) is 2.86. The third-order valence-corrected chi connectivity index (χ3v) is 4.59. The summed E-state index contributed by atoms with van der Waals surface area (Å²) in [5.41, 5.74) is 3.29. The van der Waals surface area contributed by atoms with Gasteiger partial charge >= 0.3 is 0 Å². The maximum Gasteiger partial charge on any atom is 0.179 e. The third-order valence-electron chi connectivity index (χ3n) is 4.29. The second-order valence-electron chi connectivity index (χ2n) is 5.78. The molecule has 0 unspecified atom stereocenters. The van der Waals surface area contributed by atoms with Crippen LogP contribution in [0, 0.1) is 4.77 Å². The smallest absolute Gasteiger partial charge is 0.179 e. The molecule has 2 aromatic rings. The highest BCUT2D eigenvalue weighted by atomic mass is 32.1. The summed E-state index contributed by atoms with van der Waals surface area (Å²) in [6.07, 6.45) is 5.59. The normalized spacial score (nSPS) is 23.6. The van der Waals surface area contributed by atoms with E-state index < -0.39 is 0 Å². The van der Waals surface area contributed by atoms with Crippen molar-refractivity contribution >= 4 is 23.4 Å². The molecular weight excluding hydrogens is 272 g/mol. The Balaban J connectivity index is 2.06. The van der Waals surface area contributed by atoms with Crippen LogP contribution in [0.15, 0.2) is 0 Å². The molecule has 2 N–H and O–H groups in total. The van der Waals surface area contributed by atoms with Crippen LogP contribution >= 0.6 is 12.2 Å². The summed E-state index contributed by atoms with van der Waals surface area (Å²) in [4.78, 5) is 3.34. The summed E-state index contributed by atoms with van der Waals surface area (Å²) in [6, 6.07) is 0.379. The predicted molar refractivity (Wildman–Crippen MR) is 81.4 cm³/mol. The van der Waals surface area contributed by atoms with Crippen molar-refractivity contribution in [2.24, 2.45) is 7.05 Å². The maximum atomic E-state index is 9.68. The standard InChI is InChI=1S/C14H22N4OS/c1-3-4-11-12-13(17(2)16-11)18(14(20)15-12)9-5-7-10(19)8-6-9/h9-10,19H,3-8H2,1-2H3,(H,15,20). The minimum absolute atomic E-state index is 0.142. The number of nitrogens with zero attached hydrogens (tertiary/aromatic N) is 3. The molecule has 0 spiro atoms. The maximum absolute atomic E-state index is 9.68. The van der Waals surface area contributed by atoms with Gasteiger partial charge in [-0.1, -0.05) is 13.3 Å². The minimum Gasteiger partial charge on any atom is -0.393 e. The zero-order valence-electron chi connectivity index (χ0n) is 12.1. The second kappa shape index (κ2) is 5.33. The van der Waals surface area contributed by atoms with Crippen LogP contribution in [0.25, 0.3) is 11.2 Å². The number of aliphatic hydroxyl groups is 1. The van der Waals surface area contributed by atoms with Crippen molar-refractivity contribution in [3.8, 4) is 0 Å². The molecule has 0 aromatic carbocycles. The topological polar surface area (TPSA) is 58.8 Å². The lowest BCUT2D eigenvalue weighted by atomic mass is 9.93. The van der Waals surface area contributed by atoms with E-state index in [9.17, 15) is 5.11 Å². The third kappa shape index (κ3) is 2.20. The quantitative estimate of drug-likeness (QED) is 0.856. The number of H-pyrrole nitrogens is 1. The lowest BCUT2D eigenvalue weighted by Crippen LogP contribution is -2.21. The molecule has 0 bridgehead atoms. The molecule has 3 rings (SSSR count). The van der Waals surface area contributed by atoms with Crippen molar-refractivity contribution in [2.45, 2.75) is 57.6 Å². The van der Waals surface area contributed by atoms with Gasteiger partial charge < -0.3 is 10.1 Å². The number of aliphatic hydroxyl groups excluding tert-OH is 1. The summed E-state index contributed by atoms with van der Waals surface area (Å²) < 4.78 is 4.94. The molecule has 0 radical (unpaired) electrons. The first-order valence-corrected chi connectivity index (χ1v) is 7.86. The van der Waals surface area contributed by atoms with E-state index in [-0.39, 0.29) is 6.10 Å². The SMILES string of the molecule is CCCc1nn(C)c2c1[nH]c(=S)n2C1CCC(O)CC1. The zero-order valence-corrected chi connectivity index (χ0v) is 12.9. The summed E-state index contributed by atoms with van der Waals surface area (Å²) >= 11 is 5.52. The van der Waals surface area contributed by atoms with Crippen molar-refractivity contribution in [2.75, 3.05) is 0 Å². The van der Waals surface area contributed by atoms with E-state index in [1.165, 1.54) is 0 Å². The Hall–Kier alpha value is -1.14. The number of hydrogen-bond donors (Lipinski definition) is 2. The largest absolute Gasteiger partial charge is 0.393 e. The highest BCUT2D eigenvalue weighted by molar-refractivity contribution is 7.71. The van der Waals surface area contributed by atoms with E-state index in [0.717, 1.165) is 60.2 Å². The monoisotopic (exact) mass is 294 g/mol. The van der Waals surface area contributed by atoms with Gasteiger partial charge in [-0.15, -0.1) is 0 Å². The van der Waals surface area contributed by atoms with Crippen molar-refractivity contribution in [3.05, 3.63) is 10.5 Å². The number of hydrogen-bond acceptors (Lipinski definition) is 3. The summed E-state index contributed by atoms with van der Waals surface area (Å²) in [5.74, 6) is 0. The van der Waals surface area contributed by atoms with Gasteiger partial charge in [0.2, 0.25) is 0 Å². The fraction of sp³-hybridized carbons (Fsp3) is 0.714. The summed E-state index contributed by atoms with van der Waals surface area (Å²) in [5, 5.41) is 14.3. The Labute approximate surface area is 123 Å². The molecular formula is C14H22N4OS. The molecule has 20 heavy (non-hydrogen) atoms. The number of nitrogens with one attached hydrogen (secondary N) is 1. The van der Waals surface area contributed by atoms with Gasteiger partial charge in [0.05, 0.1) is 11.8 Å². The summed E-state index contributed by atoms with van der Waals surface area (Å²) in [6.45, 7) is 2.16. The first-order valence-electron chi connectivity index (χ1n) is 7.46. The van der Waals surface area contributed by atoms with Crippen molar-refractivity contribution in [1.82, 2.24) is 19.3 Å². The fourth-order valence-electron chi connectivity index (χ4n) is 3.30. The van der Waals surface area contributed by atoms with Crippen LogP contribution in [0.1, 0.15) is 50.8 Å². The van der Waals surface area contributed by atoms with Gasteiger partial charge in [0, 0.05) is 13.1 Å². The van der Waals surface area contributed by atoms with E-state index in [4.69, 9.17) is 12.2 Å². The van der Waals surface area contributed by atoms with Crippen LogP contribution in [-0.4, -0.2) is 30.5 Å². The van der Waals surface area contributed by atoms with Crippen LogP contribution < -0.4 is 0 Å². The van der Waals surface area contributed by atoms with E-state index in [1.54, 1.807) is 0 Å². The van der Waals surface area contributed by atoms with Gasteiger partial charge in [-0.25, -0.2) is 0 Å². The minimum atomic E-state index is -0.142. The molecule has 0 aliphatic heterocycles. The van der Waals surface area contributed by atoms with Crippen molar-refractivity contribution in [1.29, 1.82) is 0 Å². The number of aryl methyl sites for hydroxylation is 2. The molecule has 5 nitrogen and oxygen atoms in total. The van der Waals surface area contributed by atoms with Gasteiger partial charge in [0.1, 0.15) is 5.52 Å². The number of aromatic nitrogens is 4. The number of rotatable bonds is 3. The lowest BCUT2D eigenvalue weighted by molar-refractivity contribution is 0.111. The number of aromatic amines is 1. The average Bonchev–Trinajstić information content (AvgIpc) is 2.90. The molecule has 0 atom stereocenters. The van der Waals surface area contributed by atoms with Crippen molar-refractivity contribution in [3.63, 3.8) is 0 Å². The van der Waals surface area contributed by atoms with E-state index in [0.29, 0.717) is 6.04 Å². The Morgan fingerprint density at radius 3 is 2.70 bits per heavy atom. The highest BCUT2D eigenvalue weighted by Gasteiger charge is 2.25. The molecule has 1 aliphatic rings. The molecule has 0 saturated heterocycles. The van der Waals surface area contributed by atoms with E-state index in [2.05, 4.69) is 21.6 Å². The van der Waals surface area contributed by atoms with E-state index >= 15 is 0 Å². The Kier molecular flexibility index (Phi) is 3.69. The lowest BCUT2D eigenvalue weighted by Gasteiger charge is -2.26. The first-order chi connectivity index (χ1) is 9.61. The number of fused-ring (bicyclic) bond motifs is 1. The molecule has 110 valence electrons. The first kappa shape index (κ1) is 13.8. The number of imidazole rings is 1. The van der Waals surface area contributed by atoms with Crippen LogP contribution in [0.3, 0.4) is 0 Å². The Morgan fingerprint density at radius 2 is 2.05 bits per heavy atom. The van der Waals surface area contributed by atoms with Crippen LogP contribution in [-0.2, 0) is 13.5 Å². The van der Waals surface area contributed by atoms with Gasteiger partial charge in [0.25, 0.3) is 0 Å². The molecule has 0 amide bonds. The van der Waals surface area contributed by atoms with Crippen LogP contribution in [0.4, 0.5) is 0 Å². The Morgan fingerprint density at radius 1 is 1.35 bits per heavy atom. The molecule has 1 saturated carbocycles. The van der Waals surface area contributed by atoms with Crippen molar-refractivity contribution < 1.29 is 5.11 Å². The molecule has 2 heterocycles. The molecule has 1 fully saturated rings. The van der Waals surface area contributed by atoms with Crippen LogP contribution in [0.2, 0.25) is 0 Å². The summed E-state index contributed by atoms with van der Waals surface area (Å²) in [7, 11) is 1.98. The van der Waals surface area contributed by atoms with Gasteiger partial charge in [-0.3, -0.25) is 9.25 Å². The van der Waals surface area contributed by atoms with Gasteiger partial charge in [-0.2, -0.15) is 5.10 Å². The van der Waals surface area contributed by atoms with Gasteiger partial charge in [-0.05, 0) is 44.3 Å². The highest BCUT2D eigenvalue weighted by Crippen LogP contribution is 2.32. The Bertz CT molecular complexity index is 661.